The van der Waals surface area contributed by atoms with Crippen LogP contribution in [0, 0.1) is 24.7 Å². The fraction of sp³-hybridized carbons (Fsp3) is 0.667. The summed E-state index contributed by atoms with van der Waals surface area (Å²) in [6.07, 6.45) is 9.90. The van der Waals surface area contributed by atoms with Crippen LogP contribution >= 0.6 is 0 Å². The molecule has 2 aliphatic heterocycles. The lowest BCUT2D eigenvalue weighted by molar-refractivity contribution is -0.0385. The van der Waals surface area contributed by atoms with Crippen LogP contribution in [0.1, 0.15) is 0 Å². The van der Waals surface area contributed by atoms with Gasteiger partial charge in [-0.1, -0.05) is 11.8 Å². The first-order valence-electron chi connectivity index (χ1n) is 5.20. The highest BCUT2D eigenvalue weighted by molar-refractivity contribution is 4.97. The van der Waals surface area contributed by atoms with Gasteiger partial charge in [0.05, 0.1) is 13.2 Å². The molecule has 86 valence electrons. The third-order valence-electron chi connectivity index (χ3n) is 2.72. The zero-order valence-electron chi connectivity index (χ0n) is 8.93. The van der Waals surface area contributed by atoms with Gasteiger partial charge in [-0.3, -0.25) is 0 Å². The minimum atomic E-state index is -0.0968. The summed E-state index contributed by atoms with van der Waals surface area (Å²) >= 11 is 0. The van der Waals surface area contributed by atoms with Crippen molar-refractivity contribution in [1.82, 2.24) is 0 Å². The summed E-state index contributed by atoms with van der Waals surface area (Å²) in [4.78, 5) is 0. The molecule has 0 saturated carbocycles. The SMILES string of the molecule is C#CCO[C@H]1COC2C1OC[C@@H]2OCC#C. The molecule has 0 aromatic heterocycles. The van der Waals surface area contributed by atoms with Crippen LogP contribution in [0.3, 0.4) is 0 Å². The molecular weight excluding hydrogens is 208 g/mol. The fourth-order valence-corrected chi connectivity index (χ4v) is 2.03. The minimum absolute atomic E-state index is 0.0869. The van der Waals surface area contributed by atoms with Crippen molar-refractivity contribution in [3.63, 3.8) is 0 Å². The Kier molecular flexibility index (Phi) is 3.82. The van der Waals surface area contributed by atoms with E-state index >= 15 is 0 Å². The van der Waals surface area contributed by atoms with Crippen LogP contribution in [0.2, 0.25) is 0 Å². The molecular formula is C12H14O4. The molecule has 2 rings (SSSR count). The molecule has 4 heteroatoms. The van der Waals surface area contributed by atoms with Crippen LogP contribution in [0.25, 0.3) is 0 Å². The average Bonchev–Trinajstić information content (AvgIpc) is 2.86. The summed E-state index contributed by atoms with van der Waals surface area (Å²) in [5.41, 5.74) is 0. The van der Waals surface area contributed by atoms with E-state index in [1.165, 1.54) is 0 Å². The second-order valence-electron chi connectivity index (χ2n) is 3.70. The standard InChI is InChI=1S/C12H14O4/c1-3-5-13-9-7-15-12-10(14-6-4-2)8-16-11(9)12/h1-2,9-12H,5-8H2/t9-,10-,11?,12?/m0/s1. The van der Waals surface area contributed by atoms with Crippen LogP contribution in [-0.4, -0.2) is 50.8 Å². The predicted molar refractivity (Wildman–Crippen MR) is 56.6 cm³/mol. The summed E-state index contributed by atoms with van der Waals surface area (Å²) < 4.78 is 22.0. The molecule has 0 N–H and O–H groups in total. The van der Waals surface area contributed by atoms with Gasteiger partial charge in [-0.25, -0.2) is 0 Å². The molecule has 0 amide bonds. The second kappa shape index (κ2) is 5.34. The van der Waals surface area contributed by atoms with Gasteiger partial charge in [-0.15, -0.1) is 12.8 Å². The maximum atomic E-state index is 5.58. The van der Waals surface area contributed by atoms with E-state index in [1.54, 1.807) is 0 Å². The number of terminal acetylenes is 2. The van der Waals surface area contributed by atoms with E-state index in [4.69, 9.17) is 31.8 Å². The molecule has 2 fully saturated rings. The van der Waals surface area contributed by atoms with E-state index in [0.717, 1.165) is 0 Å². The van der Waals surface area contributed by atoms with Gasteiger partial charge < -0.3 is 18.9 Å². The Bertz CT molecular complexity index is 282. The summed E-state index contributed by atoms with van der Waals surface area (Å²) in [6.45, 7) is 1.53. The van der Waals surface area contributed by atoms with E-state index in [1.807, 2.05) is 0 Å². The molecule has 0 spiro atoms. The van der Waals surface area contributed by atoms with Crippen molar-refractivity contribution in [1.29, 1.82) is 0 Å². The van der Waals surface area contributed by atoms with Gasteiger partial charge >= 0.3 is 0 Å². The van der Waals surface area contributed by atoms with Crippen LogP contribution in [0.5, 0.6) is 0 Å². The molecule has 4 atom stereocenters. The molecule has 0 aromatic rings. The predicted octanol–water partition coefficient (Wildman–Crippen LogP) is -0.179. The van der Waals surface area contributed by atoms with E-state index in [0.29, 0.717) is 13.2 Å². The van der Waals surface area contributed by atoms with Gasteiger partial charge in [0.1, 0.15) is 37.6 Å². The average molecular weight is 222 g/mol. The van der Waals surface area contributed by atoms with Gasteiger partial charge in [0.2, 0.25) is 0 Å². The summed E-state index contributed by atoms with van der Waals surface area (Å²) in [7, 11) is 0. The van der Waals surface area contributed by atoms with Crippen molar-refractivity contribution >= 4 is 0 Å². The molecule has 2 aliphatic rings. The van der Waals surface area contributed by atoms with Crippen molar-refractivity contribution in [3.05, 3.63) is 0 Å². The largest absolute Gasteiger partial charge is 0.370 e. The van der Waals surface area contributed by atoms with Gasteiger partial charge in [-0.05, 0) is 0 Å². The summed E-state index contributed by atoms with van der Waals surface area (Å²) in [6, 6.07) is 0. The third kappa shape index (κ3) is 2.21. The summed E-state index contributed by atoms with van der Waals surface area (Å²) in [5.74, 6) is 4.86. The van der Waals surface area contributed by atoms with Gasteiger partial charge in [0.25, 0.3) is 0 Å². The Labute approximate surface area is 95.2 Å². The van der Waals surface area contributed by atoms with Gasteiger partial charge in [0.15, 0.2) is 0 Å². The van der Waals surface area contributed by atoms with Gasteiger partial charge in [-0.2, -0.15) is 0 Å². The lowest BCUT2D eigenvalue weighted by Gasteiger charge is -2.15. The number of ether oxygens (including phenoxy) is 4. The normalized spacial score (nSPS) is 36.6. The maximum Gasteiger partial charge on any atom is 0.115 e. The molecule has 2 unspecified atom stereocenters. The Morgan fingerprint density at radius 2 is 1.38 bits per heavy atom. The quantitative estimate of drug-likeness (QED) is 0.618. The lowest BCUT2D eigenvalue weighted by Crippen LogP contribution is -2.34. The number of rotatable bonds is 4. The lowest BCUT2D eigenvalue weighted by atomic mass is 10.1. The van der Waals surface area contributed by atoms with Crippen LogP contribution in [-0.2, 0) is 18.9 Å². The molecule has 2 saturated heterocycles. The highest BCUT2D eigenvalue weighted by Crippen LogP contribution is 2.30. The van der Waals surface area contributed by atoms with Crippen LogP contribution in [0.15, 0.2) is 0 Å². The van der Waals surface area contributed by atoms with Crippen molar-refractivity contribution in [2.75, 3.05) is 26.4 Å². The first-order valence-corrected chi connectivity index (χ1v) is 5.20. The Morgan fingerprint density at radius 3 is 1.75 bits per heavy atom. The maximum absolute atomic E-state index is 5.58. The Hall–Kier alpha value is -1.04. The Balaban J connectivity index is 1.86. The van der Waals surface area contributed by atoms with Crippen LogP contribution < -0.4 is 0 Å². The van der Waals surface area contributed by atoms with Crippen LogP contribution in [0.4, 0.5) is 0 Å². The second-order valence-corrected chi connectivity index (χ2v) is 3.70. The molecule has 0 radical (unpaired) electrons. The van der Waals surface area contributed by atoms with E-state index < -0.39 is 0 Å². The highest BCUT2D eigenvalue weighted by Gasteiger charge is 2.48. The zero-order chi connectivity index (χ0) is 11.4. The van der Waals surface area contributed by atoms with Crippen molar-refractivity contribution < 1.29 is 18.9 Å². The molecule has 0 aliphatic carbocycles. The molecule has 0 aromatic carbocycles. The van der Waals surface area contributed by atoms with E-state index in [9.17, 15) is 0 Å². The fourth-order valence-electron chi connectivity index (χ4n) is 2.03. The molecule has 0 bridgehead atoms. The molecule has 16 heavy (non-hydrogen) atoms. The zero-order valence-corrected chi connectivity index (χ0v) is 8.93. The first-order chi connectivity index (χ1) is 7.86. The third-order valence-corrected chi connectivity index (χ3v) is 2.72. The monoisotopic (exact) mass is 222 g/mol. The molecule has 4 nitrogen and oxygen atoms in total. The van der Waals surface area contributed by atoms with Crippen molar-refractivity contribution in [2.45, 2.75) is 24.4 Å². The number of fused-ring (bicyclic) bond motifs is 1. The van der Waals surface area contributed by atoms with Crippen molar-refractivity contribution in [3.8, 4) is 24.7 Å². The smallest absolute Gasteiger partial charge is 0.115 e. The summed E-state index contributed by atoms with van der Waals surface area (Å²) in [5, 5.41) is 0. The Morgan fingerprint density at radius 1 is 0.938 bits per heavy atom. The van der Waals surface area contributed by atoms with Gasteiger partial charge in [0, 0.05) is 0 Å². The van der Waals surface area contributed by atoms with Crippen molar-refractivity contribution in [2.24, 2.45) is 0 Å². The topological polar surface area (TPSA) is 36.9 Å². The number of hydrogen-bond acceptors (Lipinski definition) is 4. The minimum Gasteiger partial charge on any atom is -0.370 e. The van der Waals surface area contributed by atoms with E-state index in [-0.39, 0.29) is 37.6 Å². The first kappa shape index (κ1) is 11.4. The molecule has 2 heterocycles. The number of hydrogen-bond donors (Lipinski definition) is 0. The van der Waals surface area contributed by atoms with E-state index in [2.05, 4.69) is 11.8 Å². The highest BCUT2D eigenvalue weighted by atomic mass is 16.6.